The first kappa shape index (κ1) is 16.2. The zero-order valence-electron chi connectivity index (χ0n) is 9.47. The Morgan fingerprint density at radius 2 is 1.89 bits per heavy atom. The summed E-state index contributed by atoms with van der Waals surface area (Å²) in [6.07, 6.45) is -3.01. The van der Waals surface area contributed by atoms with E-state index in [1.165, 1.54) is 0 Å². The Labute approximate surface area is 115 Å². The van der Waals surface area contributed by atoms with Crippen LogP contribution in [0.2, 0.25) is 0 Å². The second-order valence-corrected chi connectivity index (χ2v) is 5.12. The fourth-order valence-corrected chi connectivity index (χ4v) is 2.49. The van der Waals surface area contributed by atoms with E-state index < -0.39 is 50.9 Å². The normalized spacial score (nSPS) is 13.7. The molecule has 0 aliphatic rings. The van der Waals surface area contributed by atoms with Crippen molar-refractivity contribution in [3.8, 4) is 0 Å². The summed E-state index contributed by atoms with van der Waals surface area (Å²) in [6.45, 7) is 1.03. The fraction of sp³-hybridized carbons (Fsp3) is 0.364. The molecule has 1 aromatic carbocycles. The lowest BCUT2D eigenvalue weighted by Crippen LogP contribution is -2.09. The van der Waals surface area contributed by atoms with Gasteiger partial charge in [0.2, 0.25) is 0 Å². The molecule has 0 N–H and O–H groups in total. The van der Waals surface area contributed by atoms with Crippen molar-refractivity contribution in [2.45, 2.75) is 29.1 Å². The molecule has 1 unspecified atom stereocenters. The first-order valence-electron chi connectivity index (χ1n) is 4.94. The minimum absolute atomic E-state index is 0.478. The number of carbonyl (C=O) groups is 1. The van der Waals surface area contributed by atoms with Crippen LogP contribution in [-0.2, 0) is 4.79 Å². The molecular formula is C11H8ClF5OS. The third kappa shape index (κ3) is 4.35. The molecule has 106 valence electrons. The second-order valence-electron chi connectivity index (χ2n) is 3.58. The number of ketones is 1. The predicted octanol–water partition coefficient (Wildman–Crippen LogP) is 5.11. The van der Waals surface area contributed by atoms with Gasteiger partial charge in [-0.3, -0.25) is 4.79 Å². The van der Waals surface area contributed by atoms with Gasteiger partial charge in [-0.2, -0.15) is 13.2 Å². The maximum Gasteiger partial charge on any atom is 0.446 e. The molecule has 0 bridgehead atoms. The van der Waals surface area contributed by atoms with Gasteiger partial charge in [-0.25, -0.2) is 8.78 Å². The number of halogens is 6. The Morgan fingerprint density at radius 3 is 2.32 bits per heavy atom. The molecule has 1 aromatic rings. The third-order valence-electron chi connectivity index (χ3n) is 2.17. The minimum Gasteiger partial charge on any atom is -0.298 e. The summed E-state index contributed by atoms with van der Waals surface area (Å²) in [5.74, 6) is -0.696. The van der Waals surface area contributed by atoms with Crippen molar-refractivity contribution in [3.63, 3.8) is 0 Å². The van der Waals surface area contributed by atoms with Crippen LogP contribution in [0.15, 0.2) is 23.1 Å². The summed E-state index contributed by atoms with van der Waals surface area (Å²) in [6, 6.07) is 3.04. The molecule has 0 aliphatic carbocycles. The molecular weight excluding hydrogens is 311 g/mol. The first-order chi connectivity index (χ1) is 8.63. The lowest BCUT2D eigenvalue weighted by molar-refractivity contribution is -0.116. The van der Waals surface area contributed by atoms with Crippen molar-refractivity contribution in [1.82, 2.24) is 0 Å². The van der Waals surface area contributed by atoms with Gasteiger partial charge in [0.25, 0.3) is 6.43 Å². The van der Waals surface area contributed by atoms with E-state index in [-0.39, 0.29) is 0 Å². The van der Waals surface area contributed by atoms with Gasteiger partial charge in [-0.15, -0.1) is 11.6 Å². The Bertz CT molecular complexity index is 475. The topological polar surface area (TPSA) is 17.1 Å². The molecule has 0 fully saturated rings. The smallest absolute Gasteiger partial charge is 0.298 e. The number of hydrogen-bond donors (Lipinski definition) is 0. The monoisotopic (exact) mass is 318 g/mol. The highest BCUT2D eigenvalue weighted by atomic mass is 35.5. The molecule has 0 saturated heterocycles. The van der Waals surface area contributed by atoms with Crippen LogP contribution < -0.4 is 0 Å². The third-order valence-corrected chi connectivity index (χ3v) is 3.50. The van der Waals surface area contributed by atoms with E-state index in [1.54, 1.807) is 0 Å². The van der Waals surface area contributed by atoms with E-state index in [1.807, 2.05) is 0 Å². The van der Waals surface area contributed by atoms with E-state index in [0.717, 1.165) is 25.1 Å². The van der Waals surface area contributed by atoms with Gasteiger partial charge in [0.05, 0.1) is 0 Å². The number of carbonyl (C=O) groups excluding carboxylic acids is 1. The van der Waals surface area contributed by atoms with E-state index >= 15 is 0 Å². The van der Waals surface area contributed by atoms with Crippen LogP contribution in [0.3, 0.4) is 0 Å². The first-order valence-corrected chi connectivity index (χ1v) is 6.20. The number of rotatable bonds is 4. The zero-order valence-corrected chi connectivity index (χ0v) is 11.0. The summed E-state index contributed by atoms with van der Waals surface area (Å²) in [5, 5.41) is -1.53. The average molecular weight is 319 g/mol. The number of thioether (sulfide) groups is 1. The molecule has 0 radical (unpaired) electrons. The number of alkyl halides is 6. The molecule has 8 heteroatoms. The quantitative estimate of drug-likeness (QED) is 0.436. The molecule has 0 aromatic heterocycles. The van der Waals surface area contributed by atoms with Crippen molar-refractivity contribution in [3.05, 3.63) is 29.3 Å². The Kier molecular flexibility index (Phi) is 5.20. The molecule has 0 spiro atoms. The van der Waals surface area contributed by atoms with Crippen molar-refractivity contribution < 1.29 is 26.7 Å². The van der Waals surface area contributed by atoms with Crippen molar-refractivity contribution in [2.24, 2.45) is 0 Å². The number of Topliss-reactive ketones (excluding diaryl/α,β-unsaturated/α-hetero) is 1. The molecule has 0 aliphatic heterocycles. The largest absolute Gasteiger partial charge is 0.446 e. The van der Waals surface area contributed by atoms with Gasteiger partial charge >= 0.3 is 5.51 Å². The van der Waals surface area contributed by atoms with Gasteiger partial charge < -0.3 is 0 Å². The molecule has 1 nitrogen and oxygen atoms in total. The molecule has 1 rings (SSSR count). The van der Waals surface area contributed by atoms with Crippen LogP contribution in [0, 0.1) is 0 Å². The number of hydrogen-bond acceptors (Lipinski definition) is 2. The zero-order chi connectivity index (χ0) is 14.8. The maximum absolute atomic E-state index is 12.8. The van der Waals surface area contributed by atoms with Gasteiger partial charge in [0.15, 0.2) is 5.78 Å². The standard InChI is InChI=1S/C11H8ClF5OS/c1-5(18)9(12)8-6(10(13)14)3-2-4-7(8)19-11(15,16)17/h2-4,9-10H,1H3. The number of benzene rings is 1. The van der Waals surface area contributed by atoms with Crippen molar-refractivity contribution in [1.29, 1.82) is 0 Å². The molecule has 1 atom stereocenters. The highest BCUT2D eigenvalue weighted by molar-refractivity contribution is 8.00. The van der Waals surface area contributed by atoms with Crippen molar-refractivity contribution >= 4 is 29.1 Å². The summed E-state index contributed by atoms with van der Waals surface area (Å²) in [7, 11) is 0. The minimum atomic E-state index is -4.65. The van der Waals surface area contributed by atoms with E-state index in [0.29, 0.717) is 0 Å². The lowest BCUT2D eigenvalue weighted by Gasteiger charge is -2.17. The highest BCUT2D eigenvalue weighted by Crippen LogP contribution is 2.44. The second kappa shape index (κ2) is 6.09. The summed E-state index contributed by atoms with van der Waals surface area (Å²) in [4.78, 5) is 10.7. The molecule has 0 amide bonds. The van der Waals surface area contributed by atoms with Gasteiger partial charge in [-0.05, 0) is 24.8 Å². The van der Waals surface area contributed by atoms with Crippen LogP contribution in [0.4, 0.5) is 22.0 Å². The van der Waals surface area contributed by atoms with Gasteiger partial charge in [-0.1, -0.05) is 12.1 Å². The Hall–Kier alpha value is -0.820. The lowest BCUT2D eigenvalue weighted by atomic mass is 10.0. The Balaban J connectivity index is 3.38. The molecule has 0 saturated carbocycles. The average Bonchev–Trinajstić information content (AvgIpc) is 2.25. The summed E-state index contributed by atoms with van der Waals surface area (Å²) in [5.41, 5.74) is -5.79. The van der Waals surface area contributed by atoms with Gasteiger partial charge in [0, 0.05) is 16.0 Å². The van der Waals surface area contributed by atoms with Crippen LogP contribution in [-0.4, -0.2) is 11.3 Å². The Morgan fingerprint density at radius 1 is 1.32 bits per heavy atom. The highest BCUT2D eigenvalue weighted by Gasteiger charge is 2.33. The van der Waals surface area contributed by atoms with Crippen LogP contribution in [0.25, 0.3) is 0 Å². The maximum atomic E-state index is 12.8. The van der Waals surface area contributed by atoms with E-state index in [2.05, 4.69) is 0 Å². The molecule has 0 heterocycles. The SMILES string of the molecule is CC(=O)C(Cl)c1c(SC(F)(F)F)cccc1C(F)F. The van der Waals surface area contributed by atoms with Crippen LogP contribution >= 0.6 is 23.4 Å². The van der Waals surface area contributed by atoms with Gasteiger partial charge in [0.1, 0.15) is 5.38 Å². The molecule has 19 heavy (non-hydrogen) atoms. The van der Waals surface area contributed by atoms with E-state index in [9.17, 15) is 26.7 Å². The van der Waals surface area contributed by atoms with Crippen LogP contribution in [0.5, 0.6) is 0 Å². The fourth-order valence-electron chi connectivity index (χ4n) is 1.44. The predicted molar refractivity (Wildman–Crippen MR) is 62.6 cm³/mol. The van der Waals surface area contributed by atoms with Crippen LogP contribution in [0.1, 0.15) is 29.9 Å². The van der Waals surface area contributed by atoms with E-state index in [4.69, 9.17) is 11.6 Å². The van der Waals surface area contributed by atoms with Crippen molar-refractivity contribution in [2.75, 3.05) is 0 Å². The summed E-state index contributed by atoms with van der Waals surface area (Å²) >= 11 is 5.10. The summed E-state index contributed by atoms with van der Waals surface area (Å²) < 4.78 is 62.7.